The van der Waals surface area contributed by atoms with Gasteiger partial charge in [0.05, 0.1) is 11.9 Å². The number of rotatable bonds is 3. The fourth-order valence-corrected chi connectivity index (χ4v) is 2.39. The third kappa shape index (κ3) is 2.80. The highest BCUT2D eigenvalue weighted by atomic mass is 79.9. The van der Waals surface area contributed by atoms with Crippen LogP contribution in [0.2, 0.25) is 0 Å². The summed E-state index contributed by atoms with van der Waals surface area (Å²) in [7, 11) is 1.32. The molecule has 6 heteroatoms. The minimum atomic E-state index is -1.27. The molecule has 1 unspecified atom stereocenters. The molecule has 2 rings (SSSR count). The molecule has 0 aliphatic rings. The van der Waals surface area contributed by atoms with Crippen LogP contribution < -0.4 is 4.74 Å². The molecule has 0 radical (unpaired) electrons. The number of methoxy groups -OCH3 is 1. The van der Waals surface area contributed by atoms with Crippen LogP contribution in [0, 0.1) is 23.3 Å². The van der Waals surface area contributed by atoms with Gasteiger partial charge in [0.1, 0.15) is 5.82 Å². The molecule has 0 amide bonds. The van der Waals surface area contributed by atoms with Gasteiger partial charge in [-0.2, -0.15) is 0 Å². The predicted octanol–water partition coefficient (Wildman–Crippen LogP) is 4.74. The van der Waals surface area contributed by atoms with Gasteiger partial charge in [-0.05, 0) is 23.8 Å². The summed E-state index contributed by atoms with van der Waals surface area (Å²) in [6.07, 6.45) is 0. The number of hydrogen-bond acceptors (Lipinski definition) is 1. The van der Waals surface area contributed by atoms with Gasteiger partial charge in [0.15, 0.2) is 23.2 Å². The Balaban J connectivity index is 2.43. The summed E-state index contributed by atoms with van der Waals surface area (Å²) in [5.74, 6) is -3.94. The molecule has 0 N–H and O–H groups in total. The van der Waals surface area contributed by atoms with Crippen LogP contribution in [0.4, 0.5) is 17.6 Å². The average molecular weight is 349 g/mol. The van der Waals surface area contributed by atoms with Crippen molar-refractivity contribution in [3.8, 4) is 5.75 Å². The number of alkyl halides is 1. The first kappa shape index (κ1) is 14.8. The van der Waals surface area contributed by atoms with Crippen molar-refractivity contribution in [1.82, 2.24) is 0 Å². The van der Waals surface area contributed by atoms with Gasteiger partial charge in [0.2, 0.25) is 0 Å². The fourth-order valence-electron chi connectivity index (χ4n) is 1.75. The SMILES string of the molecule is COc1ccc(C(Br)c2cc(F)c(F)cc2F)cc1F. The van der Waals surface area contributed by atoms with Crippen LogP contribution in [0.5, 0.6) is 5.75 Å². The molecule has 0 aromatic heterocycles. The van der Waals surface area contributed by atoms with Crippen LogP contribution in [0.25, 0.3) is 0 Å². The molecular formula is C14H9BrF4O. The van der Waals surface area contributed by atoms with E-state index in [-0.39, 0.29) is 11.3 Å². The van der Waals surface area contributed by atoms with Crippen LogP contribution in [0.1, 0.15) is 16.0 Å². The summed E-state index contributed by atoms with van der Waals surface area (Å²) in [5, 5.41) is 0. The van der Waals surface area contributed by atoms with Gasteiger partial charge in [0.25, 0.3) is 0 Å². The third-order valence-electron chi connectivity index (χ3n) is 2.78. The Kier molecular flexibility index (Phi) is 4.32. The number of ether oxygens (including phenoxy) is 1. The smallest absolute Gasteiger partial charge is 0.165 e. The van der Waals surface area contributed by atoms with E-state index >= 15 is 0 Å². The maximum atomic E-state index is 13.7. The minimum absolute atomic E-state index is 0.0409. The molecule has 20 heavy (non-hydrogen) atoms. The van der Waals surface area contributed by atoms with Gasteiger partial charge in [0, 0.05) is 11.6 Å². The Labute approximate surface area is 121 Å². The standard InChI is InChI=1S/C14H9BrF4O/c1-20-13-3-2-7(4-12(13)19)14(15)8-5-10(17)11(18)6-9(8)16/h2-6,14H,1H3. The second-order valence-electron chi connectivity index (χ2n) is 4.04. The molecule has 0 fully saturated rings. The molecule has 0 saturated heterocycles. The maximum Gasteiger partial charge on any atom is 0.165 e. The summed E-state index contributed by atoms with van der Waals surface area (Å²) >= 11 is 3.15. The Morgan fingerprint density at radius 1 is 0.900 bits per heavy atom. The van der Waals surface area contributed by atoms with Crippen molar-refractivity contribution in [3.05, 3.63) is 64.7 Å². The predicted molar refractivity (Wildman–Crippen MR) is 70.0 cm³/mol. The molecule has 1 atom stereocenters. The second-order valence-corrected chi connectivity index (χ2v) is 4.96. The molecule has 0 aliphatic heterocycles. The second kappa shape index (κ2) is 5.83. The van der Waals surface area contributed by atoms with Gasteiger partial charge >= 0.3 is 0 Å². The maximum absolute atomic E-state index is 13.7. The Bertz CT molecular complexity index is 645. The average Bonchev–Trinajstić information content (AvgIpc) is 2.42. The molecule has 0 aliphatic carbocycles. The summed E-state index contributed by atoms with van der Waals surface area (Å²) in [4.78, 5) is -0.807. The minimum Gasteiger partial charge on any atom is -0.494 e. The zero-order valence-corrected chi connectivity index (χ0v) is 11.8. The molecule has 0 heterocycles. The number of hydrogen-bond donors (Lipinski definition) is 0. The van der Waals surface area contributed by atoms with Crippen molar-refractivity contribution in [2.24, 2.45) is 0 Å². The number of halogens is 5. The van der Waals surface area contributed by atoms with Gasteiger partial charge in [-0.1, -0.05) is 22.0 Å². The van der Waals surface area contributed by atoms with Gasteiger partial charge in [-0.25, -0.2) is 17.6 Å². The molecule has 0 saturated carbocycles. The van der Waals surface area contributed by atoms with Crippen LogP contribution in [0.15, 0.2) is 30.3 Å². The zero-order valence-electron chi connectivity index (χ0n) is 10.3. The van der Waals surface area contributed by atoms with Crippen molar-refractivity contribution < 1.29 is 22.3 Å². The molecular weight excluding hydrogens is 340 g/mol. The van der Waals surface area contributed by atoms with Crippen molar-refractivity contribution in [3.63, 3.8) is 0 Å². The van der Waals surface area contributed by atoms with E-state index in [4.69, 9.17) is 4.74 Å². The van der Waals surface area contributed by atoms with Crippen molar-refractivity contribution in [2.75, 3.05) is 7.11 Å². The topological polar surface area (TPSA) is 9.23 Å². The van der Waals surface area contributed by atoms with Gasteiger partial charge in [-0.15, -0.1) is 0 Å². The fraction of sp³-hybridized carbons (Fsp3) is 0.143. The van der Waals surface area contributed by atoms with E-state index in [0.717, 1.165) is 12.1 Å². The van der Waals surface area contributed by atoms with Crippen LogP contribution >= 0.6 is 15.9 Å². The summed E-state index contributed by atoms with van der Waals surface area (Å²) in [6, 6.07) is 5.21. The monoisotopic (exact) mass is 348 g/mol. The Morgan fingerprint density at radius 3 is 2.15 bits per heavy atom. The van der Waals surface area contributed by atoms with E-state index in [9.17, 15) is 17.6 Å². The van der Waals surface area contributed by atoms with Crippen LogP contribution in [0.3, 0.4) is 0 Å². The quantitative estimate of drug-likeness (QED) is 0.442. The van der Waals surface area contributed by atoms with E-state index < -0.39 is 28.1 Å². The lowest BCUT2D eigenvalue weighted by molar-refractivity contribution is 0.386. The first-order valence-electron chi connectivity index (χ1n) is 5.56. The van der Waals surface area contributed by atoms with Crippen molar-refractivity contribution in [2.45, 2.75) is 4.83 Å². The Morgan fingerprint density at radius 2 is 1.55 bits per heavy atom. The lowest BCUT2D eigenvalue weighted by Crippen LogP contribution is -2.01. The molecule has 2 aromatic rings. The number of benzene rings is 2. The van der Waals surface area contributed by atoms with E-state index in [1.165, 1.54) is 19.2 Å². The largest absolute Gasteiger partial charge is 0.494 e. The molecule has 0 bridgehead atoms. The van der Waals surface area contributed by atoms with Gasteiger partial charge in [-0.3, -0.25) is 0 Å². The first-order chi connectivity index (χ1) is 9.43. The highest BCUT2D eigenvalue weighted by molar-refractivity contribution is 9.09. The molecule has 2 aromatic carbocycles. The molecule has 106 valence electrons. The first-order valence-corrected chi connectivity index (χ1v) is 6.47. The summed E-state index contributed by atoms with van der Waals surface area (Å²) < 4.78 is 58.1. The van der Waals surface area contributed by atoms with Crippen LogP contribution in [-0.4, -0.2) is 7.11 Å². The highest BCUT2D eigenvalue weighted by Crippen LogP contribution is 2.35. The normalized spacial score (nSPS) is 12.3. The van der Waals surface area contributed by atoms with E-state index in [1.54, 1.807) is 0 Å². The summed E-state index contributed by atoms with van der Waals surface area (Å²) in [5.41, 5.74) is 0.238. The summed E-state index contributed by atoms with van der Waals surface area (Å²) in [6.45, 7) is 0. The van der Waals surface area contributed by atoms with Crippen molar-refractivity contribution >= 4 is 15.9 Å². The lowest BCUT2D eigenvalue weighted by Gasteiger charge is -2.13. The van der Waals surface area contributed by atoms with E-state index in [1.807, 2.05) is 0 Å². The highest BCUT2D eigenvalue weighted by Gasteiger charge is 2.19. The van der Waals surface area contributed by atoms with E-state index in [2.05, 4.69) is 15.9 Å². The van der Waals surface area contributed by atoms with E-state index in [0.29, 0.717) is 11.6 Å². The Hall–Kier alpha value is -1.56. The zero-order chi connectivity index (χ0) is 14.9. The van der Waals surface area contributed by atoms with Gasteiger partial charge < -0.3 is 4.74 Å². The lowest BCUT2D eigenvalue weighted by atomic mass is 10.0. The molecule has 1 nitrogen and oxygen atoms in total. The molecule has 0 spiro atoms. The van der Waals surface area contributed by atoms with Crippen molar-refractivity contribution in [1.29, 1.82) is 0 Å². The third-order valence-corrected chi connectivity index (χ3v) is 3.80. The van der Waals surface area contributed by atoms with Crippen LogP contribution in [-0.2, 0) is 0 Å².